The lowest BCUT2D eigenvalue weighted by Crippen LogP contribution is -2.22. The molecule has 5 rings (SSSR count). The molecule has 0 N–H and O–H groups in total. The van der Waals surface area contributed by atoms with Gasteiger partial charge < -0.3 is 9.47 Å². The molecule has 0 aliphatic heterocycles. The summed E-state index contributed by atoms with van der Waals surface area (Å²) in [5.41, 5.74) is 5.74. The Kier molecular flexibility index (Phi) is 5.93. The average Bonchev–Trinajstić information content (AvgIpc) is 3.33. The van der Waals surface area contributed by atoms with E-state index in [1.54, 1.807) is 34.7 Å². The van der Waals surface area contributed by atoms with E-state index in [9.17, 15) is 10.1 Å². The van der Waals surface area contributed by atoms with Gasteiger partial charge in [-0.25, -0.2) is 9.38 Å². The summed E-state index contributed by atoms with van der Waals surface area (Å²) in [6, 6.07) is 16.9. The Bertz CT molecular complexity index is 1770. The second kappa shape index (κ2) is 9.06. The number of methoxy groups -OCH3 is 1. The highest BCUT2D eigenvalue weighted by Crippen LogP contribution is 2.37. The molecule has 8 heteroatoms. The number of imidazole rings is 1. The molecule has 0 unspecified atom stereocenters. The zero-order chi connectivity index (χ0) is 24.7. The molecule has 0 saturated carbocycles. The fourth-order valence-electron chi connectivity index (χ4n) is 3.94. The second-order valence-electron chi connectivity index (χ2n) is 8.16. The van der Waals surface area contributed by atoms with Gasteiger partial charge >= 0.3 is 0 Å². The van der Waals surface area contributed by atoms with Crippen molar-refractivity contribution in [2.24, 2.45) is 0 Å². The number of aryl methyl sites for hydroxylation is 2. The molecule has 2 heterocycles. The molecule has 0 spiro atoms. The minimum absolute atomic E-state index is 0.126. The first-order chi connectivity index (χ1) is 16.9. The minimum atomic E-state index is -0.126. The van der Waals surface area contributed by atoms with Gasteiger partial charge in [-0.3, -0.25) is 4.79 Å². The van der Waals surface area contributed by atoms with Gasteiger partial charge in [0.1, 0.15) is 6.61 Å². The van der Waals surface area contributed by atoms with Crippen LogP contribution in [0.15, 0.2) is 53.3 Å². The van der Waals surface area contributed by atoms with Crippen molar-refractivity contribution in [2.45, 2.75) is 20.5 Å². The van der Waals surface area contributed by atoms with Gasteiger partial charge in [-0.15, -0.1) is 0 Å². The van der Waals surface area contributed by atoms with Crippen LogP contribution < -0.4 is 19.6 Å². The lowest BCUT2D eigenvalue weighted by Gasteiger charge is -2.14. The molecule has 0 aliphatic carbocycles. The Hall–Kier alpha value is -3.86. The lowest BCUT2D eigenvalue weighted by atomic mass is 10.1. The molecule has 0 fully saturated rings. The SMILES string of the molecule is COc1cc(/C=c2\sc3nc4cc(C)c(C)cc4n3c2=O)cc(Cl)c1OCc1ccccc1C#N. The number of nitrogens with zero attached hydrogens (tertiary/aromatic N) is 3. The Morgan fingerprint density at radius 2 is 1.94 bits per heavy atom. The molecule has 6 nitrogen and oxygen atoms in total. The van der Waals surface area contributed by atoms with Crippen LogP contribution in [0.1, 0.15) is 27.8 Å². The van der Waals surface area contributed by atoms with Crippen molar-refractivity contribution in [3.05, 3.63) is 96.3 Å². The van der Waals surface area contributed by atoms with Crippen LogP contribution in [0, 0.1) is 25.2 Å². The highest BCUT2D eigenvalue weighted by atomic mass is 35.5. The van der Waals surface area contributed by atoms with Crippen molar-refractivity contribution in [2.75, 3.05) is 7.11 Å². The monoisotopic (exact) mass is 501 g/mol. The van der Waals surface area contributed by atoms with Gasteiger partial charge in [0.05, 0.1) is 39.3 Å². The molecular weight excluding hydrogens is 482 g/mol. The highest BCUT2D eigenvalue weighted by molar-refractivity contribution is 7.15. The summed E-state index contributed by atoms with van der Waals surface area (Å²) in [5.74, 6) is 0.808. The first kappa shape index (κ1) is 22.9. The van der Waals surface area contributed by atoms with E-state index < -0.39 is 0 Å². The molecule has 0 aliphatic rings. The van der Waals surface area contributed by atoms with Gasteiger partial charge in [-0.05, 0) is 66.9 Å². The maximum Gasteiger partial charge on any atom is 0.274 e. The normalized spacial score (nSPS) is 11.8. The molecule has 35 heavy (non-hydrogen) atoms. The van der Waals surface area contributed by atoms with Crippen molar-refractivity contribution in [3.8, 4) is 17.6 Å². The van der Waals surface area contributed by atoms with Gasteiger partial charge in [0.2, 0.25) is 0 Å². The zero-order valence-corrected chi connectivity index (χ0v) is 20.8. The largest absolute Gasteiger partial charge is 0.493 e. The van der Waals surface area contributed by atoms with Crippen molar-refractivity contribution in [3.63, 3.8) is 0 Å². The lowest BCUT2D eigenvalue weighted by molar-refractivity contribution is 0.284. The molecule has 0 amide bonds. The van der Waals surface area contributed by atoms with Crippen LogP contribution in [0.4, 0.5) is 0 Å². The van der Waals surface area contributed by atoms with Gasteiger partial charge in [0, 0.05) is 5.56 Å². The summed E-state index contributed by atoms with van der Waals surface area (Å²) in [6.07, 6.45) is 1.78. The smallest absolute Gasteiger partial charge is 0.274 e. The number of halogens is 1. The van der Waals surface area contributed by atoms with E-state index in [1.165, 1.54) is 18.4 Å². The standard InChI is InChI=1S/C27H20ClN3O3S/c1-15-8-21-22(9-16(15)2)31-26(32)24(35-27(31)30-21)12-17-10-20(28)25(23(11-17)33-3)34-14-19-7-5-4-6-18(19)13-29/h4-12H,14H2,1-3H3/b24-12-. The number of fused-ring (bicyclic) bond motifs is 3. The summed E-state index contributed by atoms with van der Waals surface area (Å²) in [6.45, 7) is 4.23. The maximum absolute atomic E-state index is 13.2. The van der Waals surface area contributed by atoms with E-state index >= 15 is 0 Å². The first-order valence-corrected chi connectivity index (χ1v) is 12.0. The number of rotatable bonds is 5. The number of benzene rings is 3. The molecule has 2 aromatic heterocycles. The fraction of sp³-hybridized carbons (Fsp3) is 0.148. The third kappa shape index (κ3) is 4.12. The van der Waals surface area contributed by atoms with Gasteiger partial charge in [0.25, 0.3) is 5.56 Å². The van der Waals surface area contributed by atoms with E-state index in [4.69, 9.17) is 21.1 Å². The molecule has 0 radical (unpaired) electrons. The molecule has 0 saturated heterocycles. The van der Waals surface area contributed by atoms with Crippen LogP contribution >= 0.6 is 22.9 Å². The zero-order valence-electron chi connectivity index (χ0n) is 19.3. The third-order valence-electron chi connectivity index (χ3n) is 5.91. The summed E-state index contributed by atoms with van der Waals surface area (Å²) >= 11 is 7.87. The third-order valence-corrected chi connectivity index (χ3v) is 7.16. The van der Waals surface area contributed by atoms with Gasteiger partial charge in [-0.2, -0.15) is 5.26 Å². The Morgan fingerprint density at radius 3 is 2.71 bits per heavy atom. The fourth-order valence-corrected chi connectivity index (χ4v) is 5.20. The van der Waals surface area contributed by atoms with Crippen LogP contribution in [-0.4, -0.2) is 16.5 Å². The molecule has 0 bridgehead atoms. The van der Waals surface area contributed by atoms with Crippen LogP contribution in [-0.2, 0) is 6.61 Å². The number of nitriles is 1. The van der Waals surface area contributed by atoms with Crippen LogP contribution in [0.5, 0.6) is 11.5 Å². The maximum atomic E-state index is 13.2. The van der Waals surface area contributed by atoms with E-state index in [0.717, 1.165) is 27.7 Å². The van der Waals surface area contributed by atoms with Gasteiger partial charge in [0.15, 0.2) is 16.5 Å². The summed E-state index contributed by atoms with van der Waals surface area (Å²) in [7, 11) is 1.53. The molecule has 174 valence electrons. The molecule has 3 aromatic carbocycles. The number of hydrogen-bond acceptors (Lipinski definition) is 6. The predicted molar refractivity (Wildman–Crippen MR) is 139 cm³/mol. The predicted octanol–water partition coefficient (Wildman–Crippen LogP) is 5.19. The van der Waals surface area contributed by atoms with E-state index in [2.05, 4.69) is 11.1 Å². The quantitative estimate of drug-likeness (QED) is 0.331. The average molecular weight is 502 g/mol. The van der Waals surface area contributed by atoms with Gasteiger partial charge in [-0.1, -0.05) is 41.1 Å². The van der Waals surface area contributed by atoms with Crippen LogP contribution in [0.25, 0.3) is 22.1 Å². The van der Waals surface area contributed by atoms with Crippen molar-refractivity contribution < 1.29 is 9.47 Å². The van der Waals surface area contributed by atoms with E-state index in [1.807, 2.05) is 38.1 Å². The van der Waals surface area contributed by atoms with Crippen molar-refractivity contribution in [1.82, 2.24) is 9.38 Å². The first-order valence-electron chi connectivity index (χ1n) is 10.8. The van der Waals surface area contributed by atoms with Crippen molar-refractivity contribution >= 4 is 45.0 Å². The summed E-state index contributed by atoms with van der Waals surface area (Å²) < 4.78 is 13.6. The highest BCUT2D eigenvalue weighted by Gasteiger charge is 2.15. The molecule has 5 aromatic rings. The Morgan fingerprint density at radius 1 is 1.17 bits per heavy atom. The van der Waals surface area contributed by atoms with Crippen LogP contribution in [0.2, 0.25) is 5.02 Å². The number of ether oxygens (including phenoxy) is 2. The van der Waals surface area contributed by atoms with Crippen LogP contribution in [0.3, 0.4) is 0 Å². The number of aromatic nitrogens is 2. The number of thiazole rings is 1. The Balaban J connectivity index is 1.53. The molecule has 0 atom stereocenters. The van der Waals surface area contributed by atoms with Crippen molar-refractivity contribution in [1.29, 1.82) is 5.26 Å². The van der Waals surface area contributed by atoms with E-state index in [-0.39, 0.29) is 12.2 Å². The summed E-state index contributed by atoms with van der Waals surface area (Å²) in [5, 5.41) is 9.64. The number of hydrogen-bond donors (Lipinski definition) is 0. The minimum Gasteiger partial charge on any atom is -0.493 e. The Labute approximate surface area is 210 Å². The second-order valence-corrected chi connectivity index (χ2v) is 9.58. The topological polar surface area (TPSA) is 76.6 Å². The summed E-state index contributed by atoms with van der Waals surface area (Å²) in [4.78, 5) is 18.5. The molecular formula is C27H20ClN3O3S. The van der Waals surface area contributed by atoms with E-state index in [0.29, 0.717) is 37.1 Å².